The van der Waals surface area contributed by atoms with Gasteiger partial charge in [0.05, 0.1) is 5.69 Å². The van der Waals surface area contributed by atoms with E-state index in [0.717, 1.165) is 0 Å². The highest BCUT2D eigenvalue weighted by Crippen LogP contribution is 2.45. The number of aryl methyl sites for hydroxylation is 1. The molecule has 1 heterocycles. The molecule has 1 aliphatic heterocycles. The zero-order valence-corrected chi connectivity index (χ0v) is 14.2. The van der Waals surface area contributed by atoms with Crippen molar-refractivity contribution in [2.45, 2.75) is 84.0 Å². The fourth-order valence-corrected chi connectivity index (χ4v) is 3.95. The lowest BCUT2D eigenvalue weighted by atomic mass is 9.95. The van der Waals surface area contributed by atoms with Crippen LogP contribution in [0.5, 0.6) is 0 Å². The normalized spacial score (nSPS) is 15.9. The molecule has 0 atom stereocenters. The topological polar surface area (TPSA) is 14.1 Å². The summed E-state index contributed by atoms with van der Waals surface area (Å²) in [5.41, 5.74) is 7.28. The Hall–Kier alpha value is -1.24. The SMILES string of the molecule is CCCCCCCCCCc1cccc2c1C1=C(CCC1)[N]2. The summed E-state index contributed by atoms with van der Waals surface area (Å²) in [6.45, 7) is 2.29. The molecule has 119 valence electrons. The first-order chi connectivity index (χ1) is 10.9. The van der Waals surface area contributed by atoms with E-state index in [1.54, 1.807) is 11.1 Å². The summed E-state index contributed by atoms with van der Waals surface area (Å²) in [7, 11) is 0. The highest BCUT2D eigenvalue weighted by Gasteiger charge is 2.28. The minimum absolute atomic E-state index is 1.20. The van der Waals surface area contributed by atoms with Gasteiger partial charge in [-0.05, 0) is 49.3 Å². The molecule has 0 saturated heterocycles. The molecule has 0 spiro atoms. The molecule has 1 aliphatic carbocycles. The van der Waals surface area contributed by atoms with E-state index in [-0.39, 0.29) is 0 Å². The van der Waals surface area contributed by atoms with E-state index in [1.807, 2.05) is 0 Å². The predicted molar refractivity (Wildman–Crippen MR) is 95.3 cm³/mol. The first-order valence-electron chi connectivity index (χ1n) is 9.46. The van der Waals surface area contributed by atoms with Gasteiger partial charge in [-0.15, -0.1) is 0 Å². The highest BCUT2D eigenvalue weighted by atomic mass is 14.9. The third-order valence-corrected chi connectivity index (χ3v) is 5.17. The molecule has 3 rings (SSSR count). The Morgan fingerprint density at radius 2 is 1.68 bits per heavy atom. The number of nitrogens with zero attached hydrogens (tertiary/aromatic N) is 1. The van der Waals surface area contributed by atoms with Crippen LogP contribution in [-0.2, 0) is 6.42 Å². The van der Waals surface area contributed by atoms with Gasteiger partial charge in [-0.3, -0.25) is 5.32 Å². The Balaban J connectivity index is 1.45. The van der Waals surface area contributed by atoms with E-state index in [4.69, 9.17) is 5.32 Å². The minimum Gasteiger partial charge on any atom is -0.253 e. The van der Waals surface area contributed by atoms with Crippen LogP contribution < -0.4 is 5.32 Å². The average Bonchev–Trinajstić information content (AvgIpc) is 3.10. The van der Waals surface area contributed by atoms with Crippen LogP contribution in [0.4, 0.5) is 5.69 Å². The van der Waals surface area contributed by atoms with Crippen molar-refractivity contribution in [2.75, 3.05) is 0 Å². The number of benzene rings is 1. The standard InChI is InChI=1S/C21H30N/c1-2-3-4-5-6-7-8-9-12-17-13-10-16-20-21(17)18-14-11-15-19(18)22-20/h10,13,16H,2-9,11-12,14-15H2,1H3. The van der Waals surface area contributed by atoms with Gasteiger partial charge in [0.15, 0.2) is 0 Å². The number of hydrogen-bond acceptors (Lipinski definition) is 0. The quantitative estimate of drug-likeness (QED) is 0.461. The van der Waals surface area contributed by atoms with Crippen molar-refractivity contribution in [3.05, 3.63) is 35.0 Å². The molecule has 0 aromatic heterocycles. The molecule has 1 radical (unpaired) electrons. The summed E-state index contributed by atoms with van der Waals surface area (Å²) in [5.74, 6) is 0. The Labute approximate surface area is 136 Å². The van der Waals surface area contributed by atoms with Gasteiger partial charge < -0.3 is 0 Å². The fraction of sp³-hybridized carbons (Fsp3) is 0.619. The van der Waals surface area contributed by atoms with Crippen molar-refractivity contribution in [2.24, 2.45) is 0 Å². The molecule has 0 fully saturated rings. The van der Waals surface area contributed by atoms with E-state index in [0.29, 0.717) is 0 Å². The molecule has 22 heavy (non-hydrogen) atoms. The van der Waals surface area contributed by atoms with E-state index >= 15 is 0 Å². The molecule has 1 aromatic rings. The second-order valence-electron chi connectivity index (χ2n) is 6.93. The van der Waals surface area contributed by atoms with Crippen molar-refractivity contribution in [1.82, 2.24) is 5.32 Å². The Bertz CT molecular complexity index is 527. The molecule has 1 heteroatoms. The second kappa shape index (κ2) is 7.85. The van der Waals surface area contributed by atoms with Gasteiger partial charge in [-0.1, -0.05) is 64.0 Å². The lowest BCUT2D eigenvalue weighted by molar-refractivity contribution is 0.575. The lowest BCUT2D eigenvalue weighted by Gasteiger charge is -2.10. The molecule has 1 nitrogen and oxygen atoms in total. The van der Waals surface area contributed by atoms with Gasteiger partial charge in [0.2, 0.25) is 0 Å². The van der Waals surface area contributed by atoms with Crippen molar-refractivity contribution in [1.29, 1.82) is 0 Å². The maximum atomic E-state index is 4.84. The number of unbranched alkanes of at least 4 members (excludes halogenated alkanes) is 7. The second-order valence-corrected chi connectivity index (χ2v) is 6.93. The third kappa shape index (κ3) is 3.56. The Morgan fingerprint density at radius 3 is 2.50 bits per heavy atom. The summed E-state index contributed by atoms with van der Waals surface area (Å²) in [6, 6.07) is 6.74. The van der Waals surface area contributed by atoms with Crippen LogP contribution in [-0.4, -0.2) is 0 Å². The first kappa shape index (κ1) is 15.6. The number of rotatable bonds is 9. The van der Waals surface area contributed by atoms with Gasteiger partial charge in [0, 0.05) is 11.3 Å². The van der Waals surface area contributed by atoms with Crippen LogP contribution in [0.25, 0.3) is 5.57 Å². The first-order valence-corrected chi connectivity index (χ1v) is 9.46. The maximum Gasteiger partial charge on any atom is 0.0711 e. The number of allylic oxidation sites excluding steroid dienone is 2. The monoisotopic (exact) mass is 296 g/mol. The molecule has 0 saturated carbocycles. The maximum absolute atomic E-state index is 4.84. The van der Waals surface area contributed by atoms with Crippen molar-refractivity contribution in [3.8, 4) is 0 Å². The van der Waals surface area contributed by atoms with Gasteiger partial charge in [0.1, 0.15) is 0 Å². The lowest BCUT2D eigenvalue weighted by Crippen LogP contribution is -1.95. The largest absolute Gasteiger partial charge is 0.253 e. The predicted octanol–water partition coefficient (Wildman–Crippen LogP) is 6.51. The molecule has 0 bridgehead atoms. The number of fused-ring (bicyclic) bond motifs is 2. The fourth-order valence-electron chi connectivity index (χ4n) is 3.95. The highest BCUT2D eigenvalue weighted by molar-refractivity contribution is 5.85. The molecule has 1 aromatic carbocycles. The van der Waals surface area contributed by atoms with Gasteiger partial charge in [0.25, 0.3) is 0 Å². The van der Waals surface area contributed by atoms with Crippen LogP contribution in [0.2, 0.25) is 0 Å². The van der Waals surface area contributed by atoms with Crippen LogP contribution in [0.1, 0.15) is 88.7 Å². The Kier molecular flexibility index (Phi) is 5.58. The van der Waals surface area contributed by atoms with Gasteiger partial charge in [-0.25, -0.2) is 0 Å². The van der Waals surface area contributed by atoms with Crippen LogP contribution in [0.15, 0.2) is 23.9 Å². The van der Waals surface area contributed by atoms with Crippen LogP contribution in [0, 0.1) is 0 Å². The van der Waals surface area contributed by atoms with Crippen LogP contribution >= 0.6 is 0 Å². The third-order valence-electron chi connectivity index (χ3n) is 5.17. The summed E-state index contributed by atoms with van der Waals surface area (Å²) in [6.07, 6.45) is 16.2. The van der Waals surface area contributed by atoms with Gasteiger partial charge in [-0.2, -0.15) is 0 Å². The summed E-state index contributed by atoms with van der Waals surface area (Å²) < 4.78 is 0. The zero-order chi connectivity index (χ0) is 15.2. The van der Waals surface area contributed by atoms with Crippen molar-refractivity contribution >= 4 is 11.3 Å². The van der Waals surface area contributed by atoms with E-state index < -0.39 is 0 Å². The van der Waals surface area contributed by atoms with E-state index in [1.165, 1.54) is 94.0 Å². The smallest absolute Gasteiger partial charge is 0.0711 e. The zero-order valence-electron chi connectivity index (χ0n) is 14.2. The molecule has 0 N–H and O–H groups in total. The van der Waals surface area contributed by atoms with Crippen molar-refractivity contribution in [3.63, 3.8) is 0 Å². The average molecular weight is 296 g/mol. The minimum atomic E-state index is 1.20. The molecular weight excluding hydrogens is 266 g/mol. The molecule has 0 amide bonds. The molecule has 0 unspecified atom stereocenters. The summed E-state index contributed by atoms with van der Waals surface area (Å²) >= 11 is 0. The molecule has 2 aliphatic rings. The van der Waals surface area contributed by atoms with Crippen LogP contribution in [0.3, 0.4) is 0 Å². The van der Waals surface area contributed by atoms with Gasteiger partial charge >= 0.3 is 0 Å². The molecular formula is C21H30N. The Morgan fingerprint density at radius 1 is 0.909 bits per heavy atom. The van der Waals surface area contributed by atoms with E-state index in [2.05, 4.69) is 25.1 Å². The van der Waals surface area contributed by atoms with E-state index in [9.17, 15) is 0 Å². The van der Waals surface area contributed by atoms with Crippen molar-refractivity contribution < 1.29 is 0 Å². The summed E-state index contributed by atoms with van der Waals surface area (Å²) in [4.78, 5) is 0. The number of hydrogen-bond donors (Lipinski definition) is 0. The summed E-state index contributed by atoms with van der Waals surface area (Å²) in [5, 5.41) is 4.84.